The quantitative estimate of drug-likeness (QED) is 0.354. The molecule has 7 nitrogen and oxygen atoms in total. The van der Waals surface area contributed by atoms with Gasteiger partial charge in [0.05, 0.1) is 26.9 Å². The van der Waals surface area contributed by atoms with Crippen LogP contribution in [0.15, 0.2) is 82.5 Å². The van der Waals surface area contributed by atoms with Crippen molar-refractivity contribution in [1.82, 2.24) is 5.32 Å². The Bertz CT molecular complexity index is 1440. The van der Waals surface area contributed by atoms with E-state index < -0.39 is 11.9 Å². The smallest absolute Gasteiger partial charge is 0.337 e. The average Bonchev–Trinajstić information content (AvgIpc) is 3.50. The van der Waals surface area contributed by atoms with Gasteiger partial charge in [0.2, 0.25) is 0 Å². The molecule has 0 spiro atoms. The van der Waals surface area contributed by atoms with E-state index >= 15 is 0 Å². The second-order valence-corrected chi connectivity index (χ2v) is 10.6. The van der Waals surface area contributed by atoms with Crippen molar-refractivity contribution in [2.75, 3.05) is 21.3 Å². The van der Waals surface area contributed by atoms with Crippen LogP contribution >= 0.6 is 11.3 Å². The van der Waals surface area contributed by atoms with E-state index in [2.05, 4.69) is 11.4 Å². The first kappa shape index (κ1) is 26.6. The number of allylic oxidation sites excluding steroid dienone is 3. The van der Waals surface area contributed by atoms with E-state index in [9.17, 15) is 9.59 Å². The van der Waals surface area contributed by atoms with E-state index in [1.807, 2.05) is 54.8 Å². The van der Waals surface area contributed by atoms with Crippen molar-refractivity contribution in [3.05, 3.63) is 98.5 Å². The van der Waals surface area contributed by atoms with Gasteiger partial charge in [0, 0.05) is 40.1 Å². The number of nitrogens with one attached hydrogen (secondary N) is 1. The lowest BCUT2D eigenvalue weighted by molar-refractivity contribution is -0.140. The van der Waals surface area contributed by atoms with Crippen LogP contribution in [-0.4, -0.2) is 33.1 Å². The summed E-state index contributed by atoms with van der Waals surface area (Å²) in [6, 6.07) is 17.0. The van der Waals surface area contributed by atoms with Gasteiger partial charge in [-0.25, -0.2) is 4.79 Å². The first-order chi connectivity index (χ1) is 18.9. The minimum atomic E-state index is -0.596. The molecule has 0 amide bonds. The molecule has 0 saturated carbocycles. The molecule has 39 heavy (non-hydrogen) atoms. The highest BCUT2D eigenvalue weighted by Gasteiger charge is 2.42. The molecule has 0 fully saturated rings. The van der Waals surface area contributed by atoms with Crippen LogP contribution in [0.2, 0.25) is 0 Å². The third-order valence-electron chi connectivity index (χ3n) is 7.26. The predicted molar refractivity (Wildman–Crippen MR) is 149 cm³/mol. The molecule has 202 valence electrons. The number of hydrogen-bond acceptors (Lipinski definition) is 8. The summed E-state index contributed by atoms with van der Waals surface area (Å²) in [7, 11) is 4.74. The third kappa shape index (κ3) is 5.29. The van der Waals surface area contributed by atoms with Gasteiger partial charge in [0.15, 0.2) is 17.3 Å². The summed E-state index contributed by atoms with van der Waals surface area (Å²) < 4.78 is 22.0. The second kappa shape index (κ2) is 11.4. The topological polar surface area (TPSA) is 83.1 Å². The van der Waals surface area contributed by atoms with E-state index in [0.29, 0.717) is 41.2 Å². The minimum absolute atomic E-state index is 0.0230. The van der Waals surface area contributed by atoms with Gasteiger partial charge >= 0.3 is 5.97 Å². The lowest BCUT2D eigenvalue weighted by Crippen LogP contribution is -2.36. The summed E-state index contributed by atoms with van der Waals surface area (Å²) in [5.74, 6) is 0.878. The SMILES string of the molecule is COc1ccc(COC(=O)C2=C(C)NC3=C(C(=O)C[C@@H](c4cccs4)C3)[C@H]2c2ccc(OC)c(OC)c2)cc1. The van der Waals surface area contributed by atoms with Crippen LogP contribution in [-0.2, 0) is 20.9 Å². The number of dihydropyridines is 1. The summed E-state index contributed by atoms with van der Waals surface area (Å²) >= 11 is 1.66. The maximum Gasteiger partial charge on any atom is 0.337 e. The number of hydrogen-bond donors (Lipinski definition) is 1. The van der Waals surface area contributed by atoms with Crippen LogP contribution < -0.4 is 19.5 Å². The maximum atomic E-state index is 13.8. The largest absolute Gasteiger partial charge is 0.497 e. The van der Waals surface area contributed by atoms with Crippen LogP contribution in [0.3, 0.4) is 0 Å². The molecule has 2 heterocycles. The number of esters is 1. The number of carbonyl (C=O) groups excluding carboxylic acids is 2. The van der Waals surface area contributed by atoms with Crippen molar-refractivity contribution in [2.24, 2.45) is 0 Å². The molecule has 0 radical (unpaired) electrons. The summed E-state index contributed by atoms with van der Waals surface area (Å²) in [4.78, 5) is 28.6. The molecule has 0 unspecified atom stereocenters. The zero-order valence-electron chi connectivity index (χ0n) is 22.4. The Hall–Kier alpha value is -4.04. The molecule has 1 aromatic heterocycles. The fourth-order valence-corrected chi connectivity index (χ4v) is 6.18. The van der Waals surface area contributed by atoms with Crippen LogP contribution in [0, 0.1) is 0 Å². The molecule has 8 heteroatoms. The van der Waals surface area contributed by atoms with Gasteiger partial charge in [-0.15, -0.1) is 11.3 Å². The van der Waals surface area contributed by atoms with E-state index in [0.717, 1.165) is 22.6 Å². The second-order valence-electron chi connectivity index (χ2n) is 9.57. The van der Waals surface area contributed by atoms with Gasteiger partial charge in [-0.2, -0.15) is 0 Å². The first-order valence-electron chi connectivity index (χ1n) is 12.7. The Balaban J connectivity index is 1.52. The number of thiophene rings is 1. The van der Waals surface area contributed by atoms with Gasteiger partial charge in [0.1, 0.15) is 12.4 Å². The monoisotopic (exact) mass is 545 g/mol. The molecule has 5 rings (SSSR count). The minimum Gasteiger partial charge on any atom is -0.497 e. The molecule has 0 saturated heterocycles. The third-order valence-corrected chi connectivity index (χ3v) is 8.30. The first-order valence-corrected chi connectivity index (χ1v) is 13.6. The summed E-state index contributed by atoms with van der Waals surface area (Å²) in [6.45, 7) is 1.96. The lowest BCUT2D eigenvalue weighted by Gasteiger charge is -2.36. The average molecular weight is 546 g/mol. The predicted octanol–water partition coefficient (Wildman–Crippen LogP) is 5.88. The van der Waals surface area contributed by atoms with Crippen molar-refractivity contribution < 1.29 is 28.5 Å². The standard InChI is InChI=1S/C31H31NO6S/c1-18-28(31(34)38-17-19-7-10-22(35-2)11-8-19)29(20-9-12-25(36-3)26(16-20)37-4)30-23(32-18)14-21(15-24(30)33)27-6-5-13-39-27/h5-13,16,21,29,32H,14-15,17H2,1-4H3/t21-,29-/m0/s1. The Labute approximate surface area is 232 Å². The number of methoxy groups -OCH3 is 3. The molecule has 2 aromatic carbocycles. The number of ketones is 1. The van der Waals surface area contributed by atoms with Gasteiger partial charge < -0.3 is 24.3 Å². The molecule has 1 N–H and O–H groups in total. The Morgan fingerprint density at radius 2 is 1.74 bits per heavy atom. The van der Waals surface area contributed by atoms with Crippen LogP contribution in [0.1, 0.15) is 47.6 Å². The normalized spacial score (nSPS) is 18.8. The van der Waals surface area contributed by atoms with Crippen molar-refractivity contribution >= 4 is 23.1 Å². The number of benzene rings is 2. The number of ether oxygens (including phenoxy) is 4. The number of Topliss-reactive ketones (excluding diaryl/α,β-unsaturated/α-hetero) is 1. The Morgan fingerprint density at radius 3 is 2.41 bits per heavy atom. The number of carbonyl (C=O) groups is 2. The van der Waals surface area contributed by atoms with Crippen molar-refractivity contribution in [2.45, 2.75) is 38.2 Å². The van der Waals surface area contributed by atoms with E-state index in [1.165, 1.54) is 4.88 Å². The summed E-state index contributed by atoms with van der Waals surface area (Å²) in [5, 5.41) is 5.44. The van der Waals surface area contributed by atoms with Crippen LogP contribution in [0.5, 0.6) is 17.2 Å². The van der Waals surface area contributed by atoms with Crippen LogP contribution in [0.25, 0.3) is 0 Å². The highest BCUT2D eigenvalue weighted by atomic mass is 32.1. The zero-order valence-corrected chi connectivity index (χ0v) is 23.2. The molecule has 0 bridgehead atoms. The molecular weight excluding hydrogens is 514 g/mol. The van der Waals surface area contributed by atoms with Gasteiger partial charge in [-0.1, -0.05) is 24.3 Å². The van der Waals surface area contributed by atoms with E-state index in [4.69, 9.17) is 18.9 Å². The maximum absolute atomic E-state index is 13.8. The van der Waals surface area contributed by atoms with Crippen molar-refractivity contribution in [1.29, 1.82) is 0 Å². The lowest BCUT2D eigenvalue weighted by atomic mass is 9.72. The molecule has 1 aliphatic heterocycles. The van der Waals surface area contributed by atoms with Gasteiger partial charge in [-0.3, -0.25) is 4.79 Å². The number of rotatable bonds is 8. The summed E-state index contributed by atoms with van der Waals surface area (Å²) in [6.07, 6.45) is 1.08. The highest BCUT2D eigenvalue weighted by Crippen LogP contribution is 2.47. The van der Waals surface area contributed by atoms with Gasteiger partial charge in [-0.05, 0) is 60.2 Å². The summed E-state index contributed by atoms with van der Waals surface area (Å²) in [5.41, 5.74) is 4.15. The van der Waals surface area contributed by atoms with Crippen molar-refractivity contribution in [3.8, 4) is 17.2 Å². The van der Waals surface area contributed by atoms with Gasteiger partial charge in [0.25, 0.3) is 0 Å². The Morgan fingerprint density at radius 1 is 0.974 bits per heavy atom. The fraction of sp³-hybridized carbons (Fsp3) is 0.290. The highest BCUT2D eigenvalue weighted by molar-refractivity contribution is 7.10. The zero-order chi connectivity index (χ0) is 27.5. The molecule has 2 aliphatic rings. The van der Waals surface area contributed by atoms with Crippen LogP contribution in [0.4, 0.5) is 0 Å². The fourth-order valence-electron chi connectivity index (χ4n) is 5.35. The molecule has 1 aliphatic carbocycles. The van der Waals surface area contributed by atoms with Crippen molar-refractivity contribution in [3.63, 3.8) is 0 Å². The molecular formula is C31H31NO6S. The van der Waals surface area contributed by atoms with E-state index in [-0.39, 0.29) is 18.3 Å². The molecule has 3 aromatic rings. The molecule has 2 atom stereocenters. The Kier molecular flexibility index (Phi) is 7.74. The van der Waals surface area contributed by atoms with E-state index in [1.54, 1.807) is 38.7 Å².